The predicted molar refractivity (Wildman–Crippen MR) is 71.8 cm³/mol. The fourth-order valence-electron chi connectivity index (χ4n) is 1.70. The van der Waals surface area contributed by atoms with Crippen LogP contribution in [0.3, 0.4) is 0 Å². The second kappa shape index (κ2) is 5.30. The van der Waals surface area contributed by atoms with Gasteiger partial charge in [-0.25, -0.2) is 0 Å². The molecule has 1 rings (SSSR count). The Bertz CT molecular complexity index is 415. The van der Waals surface area contributed by atoms with Crippen molar-refractivity contribution in [2.45, 2.75) is 20.8 Å². The lowest BCUT2D eigenvalue weighted by atomic mass is 10.1. The van der Waals surface area contributed by atoms with E-state index in [0.717, 1.165) is 15.7 Å². The number of likely N-dealkylation sites (N-methyl/N-ethyl adjacent to an activating group) is 1. The summed E-state index contributed by atoms with van der Waals surface area (Å²) in [6, 6.07) is 4.08. The molecule has 2 nitrogen and oxygen atoms in total. The van der Waals surface area contributed by atoms with E-state index in [9.17, 15) is 4.79 Å². The molecule has 0 unspecified atom stereocenters. The highest BCUT2D eigenvalue weighted by molar-refractivity contribution is 9.10. The minimum atomic E-state index is -0.0184. The van der Waals surface area contributed by atoms with Gasteiger partial charge in [0, 0.05) is 11.5 Å². The van der Waals surface area contributed by atoms with E-state index in [4.69, 9.17) is 0 Å². The van der Waals surface area contributed by atoms with E-state index in [-0.39, 0.29) is 5.91 Å². The first-order valence-electron chi connectivity index (χ1n) is 5.14. The fourth-order valence-corrected chi connectivity index (χ4v) is 2.64. The van der Waals surface area contributed by atoms with E-state index in [1.54, 1.807) is 24.1 Å². The van der Waals surface area contributed by atoms with Crippen LogP contribution in [-0.4, -0.2) is 13.0 Å². The van der Waals surface area contributed by atoms with Crippen molar-refractivity contribution < 1.29 is 4.79 Å². The van der Waals surface area contributed by atoms with Gasteiger partial charge in [0.1, 0.15) is 0 Å². The molecule has 0 atom stereocenters. The van der Waals surface area contributed by atoms with E-state index in [1.165, 1.54) is 5.56 Å². The number of carbonyl (C=O) groups is 1. The lowest BCUT2D eigenvalue weighted by Gasteiger charge is -2.20. The molecule has 0 aromatic heterocycles. The standard InChI is InChI=1S/C13H16BrNO/c1-5-6-12(16)15(4)13-10(3)7-9(2)8-11(13)14/h5-8H,1-4H3/b6-5+. The van der Waals surface area contributed by atoms with Crippen molar-refractivity contribution >= 4 is 27.5 Å². The third-order valence-corrected chi connectivity index (χ3v) is 2.98. The van der Waals surface area contributed by atoms with Crippen LogP contribution < -0.4 is 4.90 Å². The van der Waals surface area contributed by atoms with Crippen molar-refractivity contribution in [1.29, 1.82) is 0 Å². The molecule has 0 radical (unpaired) electrons. The Hall–Kier alpha value is -1.09. The smallest absolute Gasteiger partial charge is 0.250 e. The van der Waals surface area contributed by atoms with Crippen molar-refractivity contribution in [2.24, 2.45) is 0 Å². The predicted octanol–water partition coefficient (Wildman–Crippen LogP) is 3.60. The molecule has 0 spiro atoms. The maximum Gasteiger partial charge on any atom is 0.250 e. The monoisotopic (exact) mass is 281 g/mol. The second-order valence-corrected chi connectivity index (χ2v) is 4.66. The van der Waals surface area contributed by atoms with Gasteiger partial charge in [-0.15, -0.1) is 0 Å². The minimum absolute atomic E-state index is 0.0184. The Morgan fingerprint density at radius 2 is 2.00 bits per heavy atom. The fraction of sp³-hybridized carbons (Fsp3) is 0.308. The number of carbonyl (C=O) groups excluding carboxylic acids is 1. The summed E-state index contributed by atoms with van der Waals surface area (Å²) in [4.78, 5) is 13.4. The van der Waals surface area contributed by atoms with E-state index in [2.05, 4.69) is 22.0 Å². The minimum Gasteiger partial charge on any atom is -0.311 e. The van der Waals surface area contributed by atoms with Gasteiger partial charge < -0.3 is 4.90 Å². The van der Waals surface area contributed by atoms with Crippen molar-refractivity contribution in [1.82, 2.24) is 0 Å². The number of amides is 1. The highest BCUT2D eigenvalue weighted by Gasteiger charge is 2.13. The van der Waals surface area contributed by atoms with E-state index in [0.29, 0.717) is 0 Å². The molecule has 1 amide bonds. The molecular weight excluding hydrogens is 266 g/mol. The van der Waals surface area contributed by atoms with E-state index < -0.39 is 0 Å². The van der Waals surface area contributed by atoms with Crippen LogP contribution in [0.4, 0.5) is 5.69 Å². The molecule has 0 bridgehead atoms. The van der Waals surface area contributed by atoms with E-state index in [1.807, 2.05) is 26.8 Å². The number of benzene rings is 1. The van der Waals surface area contributed by atoms with Crippen LogP contribution in [0.5, 0.6) is 0 Å². The molecule has 0 aliphatic carbocycles. The van der Waals surface area contributed by atoms with Crippen molar-refractivity contribution in [3.05, 3.63) is 39.9 Å². The summed E-state index contributed by atoms with van der Waals surface area (Å²) in [6.07, 6.45) is 3.31. The quantitative estimate of drug-likeness (QED) is 0.759. The Labute approximate surface area is 105 Å². The Kier molecular flexibility index (Phi) is 4.30. The maximum absolute atomic E-state index is 11.8. The van der Waals surface area contributed by atoms with Crippen LogP contribution in [0.1, 0.15) is 18.1 Å². The molecule has 0 aliphatic heterocycles. The highest BCUT2D eigenvalue weighted by Crippen LogP contribution is 2.30. The Balaban J connectivity index is 3.18. The number of rotatable bonds is 2. The lowest BCUT2D eigenvalue weighted by Crippen LogP contribution is -2.25. The van der Waals surface area contributed by atoms with Gasteiger partial charge in [-0.1, -0.05) is 12.1 Å². The first-order valence-corrected chi connectivity index (χ1v) is 5.93. The van der Waals surface area contributed by atoms with Crippen molar-refractivity contribution in [2.75, 3.05) is 11.9 Å². The van der Waals surface area contributed by atoms with Crippen LogP contribution in [0.2, 0.25) is 0 Å². The summed E-state index contributed by atoms with van der Waals surface area (Å²) < 4.78 is 0.949. The van der Waals surface area contributed by atoms with Gasteiger partial charge in [-0.2, -0.15) is 0 Å². The van der Waals surface area contributed by atoms with E-state index >= 15 is 0 Å². The largest absolute Gasteiger partial charge is 0.311 e. The molecule has 0 heterocycles. The van der Waals surface area contributed by atoms with Crippen molar-refractivity contribution in [3.8, 4) is 0 Å². The van der Waals surface area contributed by atoms with Gasteiger partial charge in [0.05, 0.1) is 5.69 Å². The Morgan fingerprint density at radius 3 is 2.50 bits per heavy atom. The molecule has 0 fully saturated rings. The number of aryl methyl sites for hydroxylation is 2. The summed E-state index contributed by atoms with van der Waals surface area (Å²) in [7, 11) is 1.78. The number of allylic oxidation sites excluding steroid dienone is 1. The van der Waals surface area contributed by atoms with Crippen LogP contribution in [0.15, 0.2) is 28.8 Å². The molecule has 0 saturated heterocycles. The number of hydrogen-bond acceptors (Lipinski definition) is 1. The molecule has 86 valence electrons. The zero-order chi connectivity index (χ0) is 12.3. The van der Waals surface area contributed by atoms with Crippen LogP contribution in [0.25, 0.3) is 0 Å². The van der Waals surface area contributed by atoms with Crippen LogP contribution in [-0.2, 0) is 4.79 Å². The number of halogens is 1. The summed E-state index contributed by atoms with van der Waals surface area (Å²) in [5.74, 6) is -0.0184. The number of nitrogens with zero attached hydrogens (tertiary/aromatic N) is 1. The molecule has 0 saturated carbocycles. The molecule has 0 N–H and O–H groups in total. The van der Waals surface area contributed by atoms with Gasteiger partial charge in [-0.05, 0) is 60.0 Å². The van der Waals surface area contributed by atoms with Gasteiger partial charge in [0.2, 0.25) is 5.91 Å². The molecule has 3 heteroatoms. The molecule has 0 aliphatic rings. The van der Waals surface area contributed by atoms with Gasteiger partial charge in [-0.3, -0.25) is 4.79 Å². The normalized spacial score (nSPS) is 10.8. The van der Waals surface area contributed by atoms with Gasteiger partial charge in [0.25, 0.3) is 0 Å². The van der Waals surface area contributed by atoms with Crippen LogP contribution in [0, 0.1) is 13.8 Å². The van der Waals surface area contributed by atoms with Gasteiger partial charge >= 0.3 is 0 Å². The zero-order valence-electron chi connectivity index (χ0n) is 10.0. The molecule has 16 heavy (non-hydrogen) atoms. The summed E-state index contributed by atoms with van der Waals surface area (Å²) in [5.41, 5.74) is 3.20. The second-order valence-electron chi connectivity index (χ2n) is 3.81. The highest BCUT2D eigenvalue weighted by atomic mass is 79.9. The lowest BCUT2D eigenvalue weighted by molar-refractivity contribution is -0.113. The topological polar surface area (TPSA) is 20.3 Å². The first kappa shape index (κ1) is 13.0. The number of hydrogen-bond donors (Lipinski definition) is 0. The summed E-state index contributed by atoms with van der Waals surface area (Å²) >= 11 is 3.50. The number of anilines is 1. The van der Waals surface area contributed by atoms with Crippen molar-refractivity contribution in [3.63, 3.8) is 0 Å². The Morgan fingerprint density at radius 1 is 1.38 bits per heavy atom. The third-order valence-electron chi connectivity index (χ3n) is 2.37. The molecule has 1 aromatic carbocycles. The molecule has 1 aromatic rings. The molecular formula is C13H16BrNO. The maximum atomic E-state index is 11.8. The summed E-state index contributed by atoms with van der Waals surface area (Å²) in [6.45, 7) is 5.88. The van der Waals surface area contributed by atoms with Crippen LogP contribution >= 0.6 is 15.9 Å². The summed E-state index contributed by atoms with van der Waals surface area (Å²) in [5, 5.41) is 0. The first-order chi connectivity index (χ1) is 7.47. The zero-order valence-corrected chi connectivity index (χ0v) is 11.6. The average Bonchev–Trinajstić information content (AvgIpc) is 2.16. The van der Waals surface area contributed by atoms with Gasteiger partial charge in [0.15, 0.2) is 0 Å². The average molecular weight is 282 g/mol. The SMILES string of the molecule is C/C=C/C(=O)N(C)c1c(C)cc(C)cc1Br. The third kappa shape index (κ3) is 2.73.